The molecule has 0 atom stereocenters. The van der Waals surface area contributed by atoms with Crippen molar-refractivity contribution in [2.24, 2.45) is 0 Å². The van der Waals surface area contributed by atoms with Crippen LogP contribution in [0, 0.1) is 0 Å². The van der Waals surface area contributed by atoms with E-state index < -0.39 is 0 Å². The maximum absolute atomic E-state index is 11.8. The Morgan fingerprint density at radius 2 is 2.08 bits per heavy atom. The Labute approximate surface area is 153 Å². The SMILES string of the molecule is COCCn1c(Cc2ccc(Br)nc2)nc2ccc(C(=O)OC)cc21. The minimum atomic E-state index is -0.361. The Kier molecular flexibility index (Phi) is 5.45. The van der Waals surface area contributed by atoms with Crippen molar-refractivity contribution < 1.29 is 14.3 Å². The second-order valence-corrected chi connectivity index (χ2v) is 6.35. The second-order valence-electron chi connectivity index (χ2n) is 5.53. The molecule has 0 aliphatic rings. The first-order valence-corrected chi connectivity index (χ1v) is 8.58. The topological polar surface area (TPSA) is 66.2 Å². The highest BCUT2D eigenvalue weighted by Gasteiger charge is 2.14. The van der Waals surface area contributed by atoms with Gasteiger partial charge in [-0.15, -0.1) is 0 Å². The second kappa shape index (κ2) is 7.76. The first kappa shape index (κ1) is 17.6. The predicted octanol–water partition coefficient (Wildman–Crippen LogP) is 3.22. The number of pyridine rings is 1. The van der Waals surface area contributed by atoms with Crippen LogP contribution in [0.15, 0.2) is 41.1 Å². The molecular formula is C18H18BrN3O3. The summed E-state index contributed by atoms with van der Waals surface area (Å²) in [4.78, 5) is 20.8. The molecule has 7 heteroatoms. The molecule has 130 valence electrons. The molecule has 0 saturated carbocycles. The third-order valence-corrected chi connectivity index (χ3v) is 4.39. The molecule has 0 unspecified atom stereocenters. The smallest absolute Gasteiger partial charge is 0.337 e. The summed E-state index contributed by atoms with van der Waals surface area (Å²) in [5, 5.41) is 0. The molecule has 1 aromatic carbocycles. The molecule has 0 fully saturated rings. The van der Waals surface area contributed by atoms with Gasteiger partial charge >= 0.3 is 5.97 Å². The van der Waals surface area contributed by atoms with Gasteiger partial charge in [-0.3, -0.25) is 0 Å². The zero-order valence-electron chi connectivity index (χ0n) is 14.0. The van der Waals surface area contributed by atoms with E-state index in [1.165, 1.54) is 7.11 Å². The van der Waals surface area contributed by atoms with Crippen molar-refractivity contribution in [2.75, 3.05) is 20.8 Å². The summed E-state index contributed by atoms with van der Waals surface area (Å²) >= 11 is 3.34. The molecule has 0 aliphatic carbocycles. The largest absolute Gasteiger partial charge is 0.465 e. The lowest BCUT2D eigenvalue weighted by atomic mass is 10.2. The van der Waals surface area contributed by atoms with Gasteiger partial charge < -0.3 is 14.0 Å². The third-order valence-electron chi connectivity index (χ3n) is 3.92. The van der Waals surface area contributed by atoms with E-state index in [4.69, 9.17) is 14.5 Å². The van der Waals surface area contributed by atoms with Crippen LogP contribution in [0.1, 0.15) is 21.7 Å². The van der Waals surface area contributed by atoms with Crippen molar-refractivity contribution in [1.82, 2.24) is 14.5 Å². The fraction of sp³-hybridized carbons (Fsp3) is 0.278. The molecule has 2 aromatic heterocycles. The number of halogens is 1. The maximum Gasteiger partial charge on any atom is 0.337 e. The van der Waals surface area contributed by atoms with Gasteiger partial charge in [-0.05, 0) is 45.8 Å². The van der Waals surface area contributed by atoms with E-state index in [1.807, 2.05) is 30.5 Å². The van der Waals surface area contributed by atoms with E-state index in [1.54, 1.807) is 13.2 Å². The number of methoxy groups -OCH3 is 2. The van der Waals surface area contributed by atoms with Crippen LogP contribution in [0.3, 0.4) is 0 Å². The van der Waals surface area contributed by atoms with Gasteiger partial charge in [-0.2, -0.15) is 0 Å². The molecule has 6 nitrogen and oxygen atoms in total. The van der Waals surface area contributed by atoms with E-state index in [0.29, 0.717) is 25.1 Å². The number of fused-ring (bicyclic) bond motifs is 1. The number of esters is 1. The minimum absolute atomic E-state index is 0.361. The van der Waals surface area contributed by atoms with Gasteiger partial charge in [0.05, 0.1) is 30.3 Å². The van der Waals surface area contributed by atoms with E-state index in [9.17, 15) is 4.79 Å². The van der Waals surface area contributed by atoms with Crippen molar-refractivity contribution >= 4 is 32.9 Å². The van der Waals surface area contributed by atoms with Crippen molar-refractivity contribution in [3.05, 3.63) is 58.1 Å². The zero-order chi connectivity index (χ0) is 17.8. The summed E-state index contributed by atoms with van der Waals surface area (Å²) in [5.74, 6) is 0.540. The Morgan fingerprint density at radius 1 is 1.24 bits per heavy atom. The molecule has 0 aliphatic heterocycles. The highest BCUT2D eigenvalue weighted by Crippen LogP contribution is 2.21. The Bertz CT molecular complexity index is 890. The van der Waals surface area contributed by atoms with Gasteiger partial charge in [0.25, 0.3) is 0 Å². The summed E-state index contributed by atoms with van der Waals surface area (Å²) in [6.45, 7) is 1.20. The van der Waals surface area contributed by atoms with Gasteiger partial charge in [-0.25, -0.2) is 14.8 Å². The number of rotatable bonds is 6. The molecule has 0 bridgehead atoms. The van der Waals surface area contributed by atoms with Crippen molar-refractivity contribution in [1.29, 1.82) is 0 Å². The van der Waals surface area contributed by atoms with Gasteiger partial charge in [0, 0.05) is 26.3 Å². The van der Waals surface area contributed by atoms with E-state index in [-0.39, 0.29) is 5.97 Å². The van der Waals surface area contributed by atoms with Gasteiger partial charge in [0.1, 0.15) is 10.4 Å². The zero-order valence-corrected chi connectivity index (χ0v) is 15.6. The molecule has 0 saturated heterocycles. The normalized spacial score (nSPS) is 11.0. The quantitative estimate of drug-likeness (QED) is 0.466. The molecular weight excluding hydrogens is 386 g/mol. The Balaban J connectivity index is 2.03. The van der Waals surface area contributed by atoms with Crippen LogP contribution in [0.2, 0.25) is 0 Å². The molecule has 2 heterocycles. The number of imidazole rings is 1. The van der Waals surface area contributed by atoms with Crippen LogP contribution in [0.5, 0.6) is 0 Å². The lowest BCUT2D eigenvalue weighted by Crippen LogP contribution is -2.09. The number of aromatic nitrogens is 3. The van der Waals surface area contributed by atoms with Crippen molar-refractivity contribution in [2.45, 2.75) is 13.0 Å². The fourth-order valence-corrected chi connectivity index (χ4v) is 2.91. The lowest BCUT2D eigenvalue weighted by Gasteiger charge is -2.09. The molecule has 3 rings (SSSR count). The molecule has 3 aromatic rings. The summed E-state index contributed by atoms with van der Waals surface area (Å²) < 4.78 is 12.9. The molecule has 0 amide bonds. The molecule has 0 N–H and O–H groups in total. The lowest BCUT2D eigenvalue weighted by molar-refractivity contribution is 0.0601. The van der Waals surface area contributed by atoms with Crippen LogP contribution in [0.4, 0.5) is 0 Å². The summed E-state index contributed by atoms with van der Waals surface area (Å²) in [6, 6.07) is 9.30. The molecule has 0 radical (unpaired) electrons. The number of carbonyl (C=O) groups excluding carboxylic acids is 1. The van der Waals surface area contributed by atoms with Crippen molar-refractivity contribution in [3.63, 3.8) is 0 Å². The molecule has 25 heavy (non-hydrogen) atoms. The van der Waals surface area contributed by atoms with E-state index in [2.05, 4.69) is 25.5 Å². The number of hydrogen-bond donors (Lipinski definition) is 0. The van der Waals surface area contributed by atoms with Gasteiger partial charge in [0.2, 0.25) is 0 Å². The number of nitrogens with zero attached hydrogens (tertiary/aromatic N) is 3. The summed E-state index contributed by atoms with van der Waals surface area (Å²) in [6.07, 6.45) is 2.47. The highest BCUT2D eigenvalue weighted by molar-refractivity contribution is 9.10. The van der Waals surface area contributed by atoms with E-state index >= 15 is 0 Å². The first-order valence-electron chi connectivity index (χ1n) is 7.79. The number of ether oxygens (including phenoxy) is 2. The van der Waals surface area contributed by atoms with E-state index in [0.717, 1.165) is 27.0 Å². The van der Waals surface area contributed by atoms with Crippen LogP contribution in [-0.4, -0.2) is 41.3 Å². The average molecular weight is 404 g/mol. The number of hydrogen-bond acceptors (Lipinski definition) is 5. The van der Waals surface area contributed by atoms with Crippen LogP contribution >= 0.6 is 15.9 Å². The highest BCUT2D eigenvalue weighted by atomic mass is 79.9. The van der Waals surface area contributed by atoms with Crippen LogP contribution < -0.4 is 0 Å². The van der Waals surface area contributed by atoms with Crippen LogP contribution in [-0.2, 0) is 22.4 Å². The summed E-state index contributed by atoms with van der Waals surface area (Å²) in [5.41, 5.74) is 3.29. The number of benzene rings is 1. The fourth-order valence-electron chi connectivity index (χ4n) is 2.68. The maximum atomic E-state index is 11.8. The monoisotopic (exact) mass is 403 g/mol. The number of carbonyl (C=O) groups is 1. The standard InChI is InChI=1S/C18H18BrN3O3/c1-24-8-7-22-15-10-13(18(23)25-2)4-5-14(15)21-17(22)9-12-3-6-16(19)20-11-12/h3-6,10-11H,7-9H2,1-2H3. The Morgan fingerprint density at radius 3 is 2.76 bits per heavy atom. The van der Waals surface area contributed by atoms with Gasteiger partial charge in [0.15, 0.2) is 0 Å². The summed E-state index contributed by atoms with van der Waals surface area (Å²) in [7, 11) is 3.04. The van der Waals surface area contributed by atoms with Crippen molar-refractivity contribution in [3.8, 4) is 0 Å². The minimum Gasteiger partial charge on any atom is -0.465 e. The Hall–Kier alpha value is -2.25. The van der Waals surface area contributed by atoms with Gasteiger partial charge in [-0.1, -0.05) is 6.07 Å². The first-order chi connectivity index (χ1) is 12.1. The molecule has 0 spiro atoms. The third kappa shape index (κ3) is 3.88. The average Bonchev–Trinajstić information content (AvgIpc) is 2.97. The van der Waals surface area contributed by atoms with Crippen LogP contribution in [0.25, 0.3) is 11.0 Å². The predicted molar refractivity (Wildman–Crippen MR) is 97.7 cm³/mol.